The molecule has 2 aromatic carbocycles. The summed E-state index contributed by atoms with van der Waals surface area (Å²) in [6.45, 7) is 0.236. The van der Waals surface area contributed by atoms with Gasteiger partial charge in [-0.05, 0) is 35.9 Å². The molecule has 0 aliphatic carbocycles. The molecule has 6 nitrogen and oxygen atoms in total. The number of hydrogen-bond donors (Lipinski definition) is 0. The SMILES string of the molecule is COc1ccc([C@H]2CC(c3ccc4c(c3)OCO4)=NN2C=O)cc1. The highest BCUT2D eigenvalue weighted by Gasteiger charge is 2.29. The number of amides is 1. The minimum atomic E-state index is -0.117. The third-order valence-electron chi connectivity index (χ3n) is 4.26. The summed E-state index contributed by atoms with van der Waals surface area (Å²) in [6.07, 6.45) is 1.40. The quantitative estimate of drug-likeness (QED) is 0.811. The van der Waals surface area contributed by atoms with Crippen LogP contribution in [0.2, 0.25) is 0 Å². The normalized spacial score (nSPS) is 18.5. The van der Waals surface area contributed by atoms with Crippen molar-refractivity contribution in [3.05, 3.63) is 53.6 Å². The predicted octanol–water partition coefficient (Wildman–Crippen LogP) is 2.73. The first kappa shape index (κ1) is 14.6. The summed E-state index contributed by atoms with van der Waals surface area (Å²) < 4.78 is 15.9. The van der Waals surface area contributed by atoms with Crippen LogP contribution in [-0.4, -0.2) is 31.0 Å². The fourth-order valence-corrected chi connectivity index (χ4v) is 2.97. The summed E-state index contributed by atoms with van der Waals surface area (Å²) in [5, 5.41) is 5.92. The number of ether oxygens (including phenoxy) is 3. The van der Waals surface area contributed by atoms with Gasteiger partial charge in [-0.3, -0.25) is 4.79 Å². The van der Waals surface area contributed by atoms with Gasteiger partial charge in [0.15, 0.2) is 11.5 Å². The summed E-state index contributed by atoms with van der Waals surface area (Å²) in [5.41, 5.74) is 2.80. The number of hydrogen-bond acceptors (Lipinski definition) is 5. The van der Waals surface area contributed by atoms with E-state index in [1.807, 2.05) is 42.5 Å². The van der Waals surface area contributed by atoms with E-state index in [4.69, 9.17) is 14.2 Å². The molecule has 24 heavy (non-hydrogen) atoms. The highest BCUT2D eigenvalue weighted by atomic mass is 16.7. The van der Waals surface area contributed by atoms with E-state index in [1.165, 1.54) is 5.01 Å². The molecule has 2 aliphatic rings. The lowest BCUT2D eigenvalue weighted by Crippen LogP contribution is -2.17. The van der Waals surface area contributed by atoms with Gasteiger partial charge in [-0.2, -0.15) is 5.10 Å². The molecule has 0 unspecified atom stereocenters. The Morgan fingerprint density at radius 1 is 1.17 bits per heavy atom. The van der Waals surface area contributed by atoms with E-state index in [2.05, 4.69) is 5.10 Å². The zero-order valence-corrected chi connectivity index (χ0v) is 13.1. The summed E-state index contributed by atoms with van der Waals surface area (Å²) in [6, 6.07) is 13.3. The van der Waals surface area contributed by atoms with E-state index >= 15 is 0 Å². The number of carbonyl (C=O) groups is 1. The number of hydrazone groups is 1. The molecule has 1 amide bonds. The Balaban J connectivity index is 1.61. The zero-order chi connectivity index (χ0) is 16.5. The van der Waals surface area contributed by atoms with E-state index in [9.17, 15) is 4.79 Å². The summed E-state index contributed by atoms with van der Waals surface area (Å²) >= 11 is 0. The molecule has 2 aromatic rings. The van der Waals surface area contributed by atoms with Crippen LogP contribution in [0.4, 0.5) is 0 Å². The number of rotatable bonds is 4. The first-order valence-electron chi connectivity index (χ1n) is 7.63. The van der Waals surface area contributed by atoms with Crippen molar-refractivity contribution in [2.45, 2.75) is 12.5 Å². The number of nitrogens with zero attached hydrogens (tertiary/aromatic N) is 2. The second-order valence-electron chi connectivity index (χ2n) is 5.59. The minimum absolute atomic E-state index is 0.117. The van der Waals surface area contributed by atoms with Crippen molar-refractivity contribution in [3.8, 4) is 17.2 Å². The van der Waals surface area contributed by atoms with Crippen molar-refractivity contribution in [2.24, 2.45) is 5.10 Å². The Bertz CT molecular complexity index is 801. The highest BCUT2D eigenvalue weighted by Crippen LogP contribution is 2.36. The van der Waals surface area contributed by atoms with Crippen LogP contribution in [0.1, 0.15) is 23.6 Å². The number of benzene rings is 2. The van der Waals surface area contributed by atoms with E-state index in [0.717, 1.165) is 34.7 Å². The molecular formula is C18H16N2O4. The molecular weight excluding hydrogens is 308 g/mol. The lowest BCUT2D eigenvalue weighted by molar-refractivity contribution is -0.119. The fourth-order valence-electron chi connectivity index (χ4n) is 2.97. The molecule has 2 aliphatic heterocycles. The van der Waals surface area contributed by atoms with Crippen molar-refractivity contribution >= 4 is 12.1 Å². The van der Waals surface area contributed by atoms with E-state index in [1.54, 1.807) is 7.11 Å². The standard InChI is InChI=1S/C18H16N2O4/c1-22-14-5-2-12(3-6-14)16-9-15(19-20(16)10-21)13-4-7-17-18(8-13)24-11-23-17/h2-8,10,16H,9,11H2,1H3/t16-/m1/s1. The molecule has 122 valence electrons. The van der Waals surface area contributed by atoms with Gasteiger partial charge in [-0.25, -0.2) is 5.01 Å². The van der Waals surface area contributed by atoms with Gasteiger partial charge in [-0.1, -0.05) is 12.1 Å². The van der Waals surface area contributed by atoms with Gasteiger partial charge in [-0.15, -0.1) is 0 Å². The molecule has 0 saturated carbocycles. The van der Waals surface area contributed by atoms with Crippen LogP contribution in [0.25, 0.3) is 0 Å². The Labute approximate surface area is 139 Å². The van der Waals surface area contributed by atoms with Crippen LogP contribution in [0.5, 0.6) is 17.2 Å². The van der Waals surface area contributed by atoms with Crippen LogP contribution >= 0.6 is 0 Å². The van der Waals surface area contributed by atoms with Crippen molar-refractivity contribution in [2.75, 3.05) is 13.9 Å². The van der Waals surface area contributed by atoms with Gasteiger partial charge in [0.1, 0.15) is 5.75 Å². The number of carbonyl (C=O) groups excluding carboxylic acids is 1. The van der Waals surface area contributed by atoms with Gasteiger partial charge in [0, 0.05) is 12.0 Å². The molecule has 0 saturated heterocycles. The summed E-state index contributed by atoms with van der Waals surface area (Å²) in [7, 11) is 1.63. The maximum atomic E-state index is 11.4. The topological polar surface area (TPSA) is 60.4 Å². The fraction of sp³-hybridized carbons (Fsp3) is 0.222. The Hall–Kier alpha value is -3.02. The van der Waals surface area contributed by atoms with E-state index in [0.29, 0.717) is 12.2 Å². The molecule has 4 rings (SSSR count). The van der Waals surface area contributed by atoms with E-state index in [-0.39, 0.29) is 12.8 Å². The molecule has 0 radical (unpaired) electrons. The Morgan fingerprint density at radius 3 is 2.71 bits per heavy atom. The van der Waals surface area contributed by atoms with Gasteiger partial charge < -0.3 is 14.2 Å². The van der Waals surface area contributed by atoms with Crippen LogP contribution in [0.15, 0.2) is 47.6 Å². The molecule has 6 heteroatoms. The van der Waals surface area contributed by atoms with Crippen molar-refractivity contribution in [1.29, 1.82) is 0 Å². The second-order valence-corrected chi connectivity index (χ2v) is 5.59. The molecule has 0 aromatic heterocycles. The van der Waals surface area contributed by atoms with Crippen molar-refractivity contribution in [1.82, 2.24) is 5.01 Å². The van der Waals surface area contributed by atoms with Crippen LogP contribution in [-0.2, 0) is 4.79 Å². The Kier molecular flexibility index (Phi) is 3.57. The molecule has 0 spiro atoms. The van der Waals surface area contributed by atoms with Crippen LogP contribution in [0.3, 0.4) is 0 Å². The zero-order valence-electron chi connectivity index (χ0n) is 13.1. The maximum absolute atomic E-state index is 11.4. The first-order chi connectivity index (χ1) is 11.8. The molecule has 0 bridgehead atoms. The van der Waals surface area contributed by atoms with Crippen LogP contribution in [0, 0.1) is 0 Å². The van der Waals surface area contributed by atoms with E-state index < -0.39 is 0 Å². The largest absolute Gasteiger partial charge is 0.497 e. The van der Waals surface area contributed by atoms with Crippen molar-refractivity contribution in [3.63, 3.8) is 0 Å². The predicted molar refractivity (Wildman–Crippen MR) is 87.4 cm³/mol. The average molecular weight is 324 g/mol. The number of methoxy groups -OCH3 is 1. The van der Waals surface area contributed by atoms with Crippen molar-refractivity contribution < 1.29 is 19.0 Å². The van der Waals surface area contributed by atoms with Gasteiger partial charge >= 0.3 is 0 Å². The molecule has 0 N–H and O–H groups in total. The van der Waals surface area contributed by atoms with Gasteiger partial charge in [0.2, 0.25) is 13.2 Å². The third-order valence-corrected chi connectivity index (χ3v) is 4.26. The van der Waals surface area contributed by atoms with Crippen LogP contribution < -0.4 is 14.2 Å². The highest BCUT2D eigenvalue weighted by molar-refractivity contribution is 6.03. The number of fused-ring (bicyclic) bond motifs is 1. The first-order valence-corrected chi connectivity index (χ1v) is 7.63. The minimum Gasteiger partial charge on any atom is -0.497 e. The molecule has 1 atom stereocenters. The third kappa shape index (κ3) is 2.46. The lowest BCUT2D eigenvalue weighted by atomic mass is 9.98. The smallest absolute Gasteiger partial charge is 0.231 e. The lowest BCUT2D eigenvalue weighted by Gasteiger charge is -2.17. The van der Waals surface area contributed by atoms with Gasteiger partial charge in [0.25, 0.3) is 0 Å². The second kappa shape index (κ2) is 5.88. The monoisotopic (exact) mass is 324 g/mol. The summed E-state index contributed by atoms with van der Waals surface area (Å²) in [4.78, 5) is 11.4. The average Bonchev–Trinajstić information content (AvgIpc) is 3.27. The summed E-state index contributed by atoms with van der Waals surface area (Å²) in [5.74, 6) is 2.23. The molecule has 0 fully saturated rings. The maximum Gasteiger partial charge on any atom is 0.231 e. The Morgan fingerprint density at radius 2 is 1.96 bits per heavy atom. The molecule has 2 heterocycles. The van der Waals surface area contributed by atoms with Gasteiger partial charge in [0.05, 0.1) is 18.9 Å².